The summed E-state index contributed by atoms with van der Waals surface area (Å²) >= 11 is 0. The summed E-state index contributed by atoms with van der Waals surface area (Å²) in [6.07, 6.45) is 1.13. The molecule has 0 aliphatic heterocycles. The van der Waals surface area contributed by atoms with E-state index in [9.17, 15) is 14.9 Å². The van der Waals surface area contributed by atoms with Crippen molar-refractivity contribution >= 4 is 28.2 Å². The molecule has 0 aliphatic carbocycles. The molecule has 0 fully saturated rings. The van der Waals surface area contributed by atoms with Gasteiger partial charge in [-0.1, -0.05) is 97.1 Å². The molecule has 0 aliphatic rings. The normalized spacial score (nSPS) is 10.7. The first-order valence-electron chi connectivity index (χ1n) is 11.4. The van der Waals surface area contributed by atoms with Crippen LogP contribution < -0.4 is 15.6 Å². The van der Waals surface area contributed by atoms with Crippen LogP contribution in [0.3, 0.4) is 0 Å². The van der Waals surface area contributed by atoms with Crippen molar-refractivity contribution < 1.29 is 14.5 Å². The van der Waals surface area contributed by atoms with E-state index in [2.05, 4.69) is 20.8 Å². The summed E-state index contributed by atoms with van der Waals surface area (Å²) < 4.78 is 5.87. The average Bonchev–Trinajstić information content (AvgIpc) is 2.93. The average molecular weight is 492 g/mol. The lowest BCUT2D eigenvalue weighted by molar-refractivity contribution is -0.385. The van der Waals surface area contributed by atoms with Crippen LogP contribution in [-0.2, 0) is 4.79 Å². The highest BCUT2D eigenvalue weighted by atomic mass is 16.6. The second kappa shape index (κ2) is 10.5. The number of rotatable bonds is 8. The molecule has 0 saturated carbocycles. The fourth-order valence-corrected chi connectivity index (χ4v) is 4.06. The second-order valence-corrected chi connectivity index (χ2v) is 8.08. The van der Waals surface area contributed by atoms with E-state index >= 15 is 0 Å². The fraction of sp³-hybridized carbons (Fsp3) is 0.0357. The SMILES string of the molecule is O=C(NNc1ncnc(Oc2cccc3ccccc23)c1[N+](=O)[O-])C(c1ccccc1)c1ccccc1. The van der Waals surface area contributed by atoms with Gasteiger partial charge in [0, 0.05) is 5.39 Å². The number of nitrogens with one attached hydrogen (secondary N) is 2. The van der Waals surface area contributed by atoms with Crippen LogP contribution >= 0.6 is 0 Å². The molecule has 182 valence electrons. The Bertz CT molecular complexity index is 1520. The molecule has 1 aromatic heterocycles. The molecule has 0 bridgehead atoms. The van der Waals surface area contributed by atoms with Crippen molar-refractivity contribution in [3.63, 3.8) is 0 Å². The minimum Gasteiger partial charge on any atom is -0.433 e. The Morgan fingerprint density at radius 2 is 1.43 bits per heavy atom. The summed E-state index contributed by atoms with van der Waals surface area (Å²) in [4.78, 5) is 32.6. The van der Waals surface area contributed by atoms with Gasteiger partial charge in [0.2, 0.25) is 11.7 Å². The van der Waals surface area contributed by atoms with Gasteiger partial charge < -0.3 is 4.74 Å². The van der Waals surface area contributed by atoms with Crippen molar-refractivity contribution in [3.05, 3.63) is 131 Å². The van der Waals surface area contributed by atoms with Gasteiger partial charge in [-0.3, -0.25) is 25.8 Å². The van der Waals surface area contributed by atoms with Gasteiger partial charge in [0.05, 0.1) is 10.8 Å². The Morgan fingerprint density at radius 1 is 0.811 bits per heavy atom. The summed E-state index contributed by atoms with van der Waals surface area (Å²) in [7, 11) is 0. The molecular weight excluding hydrogens is 470 g/mol. The van der Waals surface area contributed by atoms with Crippen molar-refractivity contribution in [1.82, 2.24) is 15.4 Å². The number of fused-ring (bicyclic) bond motifs is 1. The van der Waals surface area contributed by atoms with Crippen molar-refractivity contribution in [3.8, 4) is 11.6 Å². The van der Waals surface area contributed by atoms with Gasteiger partial charge in [-0.2, -0.15) is 4.98 Å². The van der Waals surface area contributed by atoms with Crippen molar-refractivity contribution in [2.24, 2.45) is 0 Å². The first-order valence-corrected chi connectivity index (χ1v) is 11.4. The monoisotopic (exact) mass is 491 g/mol. The van der Waals surface area contributed by atoms with Gasteiger partial charge in [-0.25, -0.2) is 4.98 Å². The van der Waals surface area contributed by atoms with Crippen LogP contribution in [0.5, 0.6) is 11.6 Å². The maximum atomic E-state index is 13.3. The van der Waals surface area contributed by atoms with Gasteiger partial charge in [0.15, 0.2) is 0 Å². The number of benzene rings is 4. The predicted molar refractivity (Wildman–Crippen MR) is 139 cm³/mol. The lowest BCUT2D eigenvalue weighted by Crippen LogP contribution is -2.35. The number of carbonyl (C=O) groups is 1. The molecule has 37 heavy (non-hydrogen) atoms. The highest BCUT2D eigenvalue weighted by Crippen LogP contribution is 2.36. The van der Waals surface area contributed by atoms with Crippen molar-refractivity contribution in [2.75, 3.05) is 5.43 Å². The number of aromatic nitrogens is 2. The Labute approximate surface area is 211 Å². The highest BCUT2D eigenvalue weighted by molar-refractivity contribution is 5.89. The van der Waals surface area contributed by atoms with Crippen LogP contribution in [-0.4, -0.2) is 20.8 Å². The van der Waals surface area contributed by atoms with Crippen LogP contribution in [0.4, 0.5) is 11.5 Å². The summed E-state index contributed by atoms with van der Waals surface area (Å²) in [6.45, 7) is 0. The molecule has 9 nitrogen and oxygen atoms in total. The molecular formula is C28H21N5O4. The number of amides is 1. The summed E-state index contributed by atoms with van der Waals surface area (Å²) in [5.74, 6) is -1.12. The smallest absolute Gasteiger partial charge is 0.374 e. The number of hydrogen-bond acceptors (Lipinski definition) is 7. The molecule has 0 spiro atoms. The lowest BCUT2D eigenvalue weighted by atomic mass is 9.91. The number of ether oxygens (including phenoxy) is 1. The minimum absolute atomic E-state index is 0.205. The molecule has 0 saturated heterocycles. The van der Waals surface area contributed by atoms with Crippen LogP contribution in [0.2, 0.25) is 0 Å². The Balaban J connectivity index is 1.43. The molecule has 0 atom stereocenters. The van der Waals surface area contributed by atoms with Gasteiger partial charge in [-0.15, -0.1) is 0 Å². The van der Waals surface area contributed by atoms with Gasteiger partial charge in [0.1, 0.15) is 12.1 Å². The molecule has 5 aromatic rings. The lowest BCUT2D eigenvalue weighted by Gasteiger charge is -2.18. The van der Waals surface area contributed by atoms with Crippen LogP contribution in [0.25, 0.3) is 10.8 Å². The number of nitrogens with zero attached hydrogens (tertiary/aromatic N) is 3. The molecule has 1 heterocycles. The van der Waals surface area contributed by atoms with Crippen LogP contribution in [0.1, 0.15) is 17.0 Å². The number of nitro groups is 1. The standard InChI is InChI=1S/C28H21N5O4/c34-27(24(20-11-3-1-4-12-20)21-13-5-2-6-14-21)32-31-26-25(33(35)36)28(30-18-29-26)37-23-17-9-15-19-10-7-8-16-22(19)23/h1-18,24H,(H,32,34)(H,29,30,31). The first kappa shape index (κ1) is 23.4. The molecule has 0 radical (unpaired) electrons. The maximum absolute atomic E-state index is 13.3. The first-order chi connectivity index (χ1) is 18.1. The second-order valence-electron chi connectivity index (χ2n) is 8.08. The molecule has 1 amide bonds. The predicted octanol–water partition coefficient (Wildman–Crippen LogP) is 5.61. The number of carbonyl (C=O) groups excluding carboxylic acids is 1. The van der Waals surface area contributed by atoms with Gasteiger partial charge >= 0.3 is 11.6 Å². The van der Waals surface area contributed by atoms with Gasteiger partial charge in [-0.05, 0) is 22.6 Å². The van der Waals surface area contributed by atoms with E-state index in [0.29, 0.717) is 5.75 Å². The quantitative estimate of drug-likeness (QED) is 0.214. The topological polar surface area (TPSA) is 119 Å². The third kappa shape index (κ3) is 5.06. The molecule has 0 unspecified atom stereocenters. The third-order valence-electron chi connectivity index (χ3n) is 5.76. The van der Waals surface area contributed by atoms with E-state index in [0.717, 1.165) is 28.2 Å². The minimum atomic E-state index is -0.652. The van der Waals surface area contributed by atoms with E-state index in [1.807, 2.05) is 91.0 Å². The number of anilines is 1. The highest BCUT2D eigenvalue weighted by Gasteiger charge is 2.28. The van der Waals surface area contributed by atoms with E-state index in [4.69, 9.17) is 4.74 Å². The Morgan fingerprint density at radius 3 is 2.11 bits per heavy atom. The molecule has 9 heteroatoms. The van der Waals surface area contributed by atoms with E-state index < -0.39 is 22.4 Å². The molecule has 2 N–H and O–H groups in total. The zero-order valence-corrected chi connectivity index (χ0v) is 19.4. The zero-order valence-electron chi connectivity index (χ0n) is 19.4. The van der Waals surface area contributed by atoms with E-state index in [1.54, 1.807) is 12.1 Å². The Kier molecular flexibility index (Phi) is 6.67. The maximum Gasteiger partial charge on any atom is 0.374 e. The molecule has 4 aromatic carbocycles. The van der Waals surface area contributed by atoms with Crippen molar-refractivity contribution in [2.45, 2.75) is 5.92 Å². The summed E-state index contributed by atoms with van der Waals surface area (Å²) in [5.41, 5.74) is 6.21. The van der Waals surface area contributed by atoms with Crippen LogP contribution in [0, 0.1) is 10.1 Å². The fourth-order valence-electron chi connectivity index (χ4n) is 4.06. The zero-order chi connectivity index (χ0) is 25.6. The third-order valence-corrected chi connectivity index (χ3v) is 5.76. The van der Waals surface area contributed by atoms with E-state index in [1.165, 1.54) is 0 Å². The van der Waals surface area contributed by atoms with Crippen LogP contribution in [0.15, 0.2) is 109 Å². The van der Waals surface area contributed by atoms with Gasteiger partial charge in [0.25, 0.3) is 0 Å². The van der Waals surface area contributed by atoms with Crippen molar-refractivity contribution in [1.29, 1.82) is 0 Å². The molecule has 5 rings (SSSR count). The Hall–Kier alpha value is -5.31. The summed E-state index contributed by atoms with van der Waals surface area (Å²) in [5, 5.41) is 13.7. The largest absolute Gasteiger partial charge is 0.433 e. The van der Waals surface area contributed by atoms with E-state index in [-0.39, 0.29) is 11.7 Å². The summed E-state index contributed by atoms with van der Waals surface area (Å²) in [6, 6.07) is 31.4. The number of hydrogen-bond donors (Lipinski definition) is 2. The number of hydrazine groups is 1.